The van der Waals surface area contributed by atoms with Gasteiger partial charge >= 0.3 is 0 Å². The molecule has 2 aromatic rings. The lowest BCUT2D eigenvalue weighted by atomic mass is 10.0. The van der Waals surface area contributed by atoms with E-state index in [-0.39, 0.29) is 4.90 Å². The number of methoxy groups -OCH3 is 1. The van der Waals surface area contributed by atoms with Crippen molar-refractivity contribution in [1.82, 2.24) is 0 Å². The van der Waals surface area contributed by atoms with Crippen molar-refractivity contribution in [3.63, 3.8) is 0 Å². The molecule has 2 aromatic carbocycles. The number of benzene rings is 2. The molecule has 18 heavy (non-hydrogen) atoms. The largest absolute Gasteiger partial charge is 0.496 e. The number of hydrogen-bond acceptors (Lipinski definition) is 4. The van der Waals surface area contributed by atoms with Crippen LogP contribution in [0.4, 0.5) is 0 Å². The monoisotopic (exact) mass is 264 g/mol. The van der Waals surface area contributed by atoms with E-state index in [2.05, 4.69) is 0 Å². The minimum atomic E-state index is -3.25. The van der Waals surface area contributed by atoms with Crippen molar-refractivity contribution in [3.8, 4) is 5.75 Å². The Morgan fingerprint density at radius 3 is 2.44 bits per heavy atom. The predicted molar refractivity (Wildman–Crippen MR) is 69.0 cm³/mol. The summed E-state index contributed by atoms with van der Waals surface area (Å²) in [4.78, 5) is 11.3. The Kier molecular flexibility index (Phi) is 3.09. The van der Waals surface area contributed by atoms with Crippen LogP contribution in [-0.4, -0.2) is 28.1 Å². The van der Waals surface area contributed by atoms with Gasteiger partial charge in [-0.1, -0.05) is 12.1 Å². The van der Waals surface area contributed by atoms with Crippen LogP contribution in [0.2, 0.25) is 0 Å². The van der Waals surface area contributed by atoms with Gasteiger partial charge in [0.05, 0.1) is 17.6 Å². The van der Waals surface area contributed by atoms with E-state index in [1.54, 1.807) is 24.3 Å². The molecule has 0 aliphatic carbocycles. The second-order valence-electron chi connectivity index (χ2n) is 3.95. The third-order valence-electron chi connectivity index (χ3n) is 2.76. The Morgan fingerprint density at radius 2 is 1.89 bits per heavy atom. The van der Waals surface area contributed by atoms with Crippen molar-refractivity contribution in [1.29, 1.82) is 0 Å². The van der Waals surface area contributed by atoms with Crippen LogP contribution in [0.3, 0.4) is 0 Å². The highest BCUT2D eigenvalue weighted by Crippen LogP contribution is 2.28. The van der Waals surface area contributed by atoms with Crippen molar-refractivity contribution >= 4 is 26.9 Å². The van der Waals surface area contributed by atoms with Gasteiger partial charge in [0.2, 0.25) is 0 Å². The van der Waals surface area contributed by atoms with Crippen LogP contribution in [0.1, 0.15) is 10.4 Å². The molecule has 94 valence electrons. The highest BCUT2D eigenvalue weighted by Gasteiger charge is 2.11. The molecule has 5 heteroatoms. The van der Waals surface area contributed by atoms with Gasteiger partial charge in [0, 0.05) is 6.26 Å². The Labute approximate surface area is 105 Å². The van der Waals surface area contributed by atoms with Crippen LogP contribution in [-0.2, 0) is 9.84 Å². The number of carbonyl (C=O) groups excluding carboxylic acids is 1. The van der Waals surface area contributed by atoms with E-state index in [1.165, 1.54) is 13.2 Å². The molecule has 0 saturated carbocycles. The summed E-state index contributed by atoms with van der Waals surface area (Å²) >= 11 is 0. The standard InChI is InChI=1S/C13H12O4S/c1-17-13-6-3-9-7-10(18(2,15)16)4-5-11(9)12(13)8-14/h3-8H,1-2H3. The summed E-state index contributed by atoms with van der Waals surface area (Å²) in [5.41, 5.74) is 0.426. The summed E-state index contributed by atoms with van der Waals surface area (Å²) in [5.74, 6) is 0.476. The molecule has 0 heterocycles. The smallest absolute Gasteiger partial charge is 0.175 e. The summed E-state index contributed by atoms with van der Waals surface area (Å²) < 4.78 is 28.0. The molecular formula is C13H12O4S. The molecule has 0 aromatic heterocycles. The molecule has 0 aliphatic heterocycles. The van der Waals surface area contributed by atoms with Crippen molar-refractivity contribution in [2.24, 2.45) is 0 Å². The average Bonchev–Trinajstić information content (AvgIpc) is 2.35. The lowest BCUT2D eigenvalue weighted by Crippen LogP contribution is -1.98. The summed E-state index contributed by atoms with van der Waals surface area (Å²) in [6, 6.07) is 8.05. The lowest BCUT2D eigenvalue weighted by molar-refractivity contribution is 0.112. The van der Waals surface area contributed by atoms with Crippen LogP contribution in [0.25, 0.3) is 10.8 Å². The molecule has 0 bridgehead atoms. The highest BCUT2D eigenvalue weighted by molar-refractivity contribution is 7.90. The van der Waals surface area contributed by atoms with E-state index >= 15 is 0 Å². The average molecular weight is 264 g/mol. The Balaban J connectivity index is 2.79. The van der Waals surface area contributed by atoms with Gasteiger partial charge < -0.3 is 4.74 Å². The summed E-state index contributed by atoms with van der Waals surface area (Å²) in [5, 5.41) is 1.37. The van der Waals surface area contributed by atoms with E-state index in [0.717, 1.165) is 6.26 Å². The molecular weight excluding hydrogens is 252 g/mol. The zero-order valence-electron chi connectivity index (χ0n) is 10.0. The lowest BCUT2D eigenvalue weighted by Gasteiger charge is -2.08. The van der Waals surface area contributed by atoms with Crippen LogP contribution >= 0.6 is 0 Å². The second-order valence-corrected chi connectivity index (χ2v) is 5.97. The molecule has 0 amide bonds. The maximum absolute atomic E-state index is 11.5. The number of aldehydes is 1. The van der Waals surface area contributed by atoms with Gasteiger partial charge in [-0.3, -0.25) is 4.79 Å². The van der Waals surface area contributed by atoms with Gasteiger partial charge in [-0.25, -0.2) is 8.42 Å². The zero-order chi connectivity index (χ0) is 13.3. The van der Waals surface area contributed by atoms with Crippen molar-refractivity contribution in [3.05, 3.63) is 35.9 Å². The van der Waals surface area contributed by atoms with E-state index in [1.807, 2.05) is 0 Å². The number of rotatable bonds is 3. The second kappa shape index (κ2) is 4.42. The van der Waals surface area contributed by atoms with E-state index < -0.39 is 9.84 Å². The predicted octanol–water partition coefficient (Wildman–Crippen LogP) is 2.06. The van der Waals surface area contributed by atoms with Crippen LogP contribution < -0.4 is 4.74 Å². The SMILES string of the molecule is COc1ccc2cc(S(C)(=O)=O)ccc2c1C=O. The molecule has 0 saturated heterocycles. The minimum Gasteiger partial charge on any atom is -0.496 e. The summed E-state index contributed by atoms with van der Waals surface area (Å²) in [6.07, 6.45) is 1.86. The molecule has 0 N–H and O–H groups in total. The van der Waals surface area contributed by atoms with Crippen LogP contribution in [0.15, 0.2) is 35.2 Å². The quantitative estimate of drug-likeness (QED) is 0.796. The summed E-state index contributed by atoms with van der Waals surface area (Å²) in [7, 11) is -1.76. The van der Waals surface area contributed by atoms with Crippen molar-refractivity contribution in [2.45, 2.75) is 4.90 Å². The van der Waals surface area contributed by atoms with Crippen molar-refractivity contribution in [2.75, 3.05) is 13.4 Å². The molecule has 0 spiro atoms. The van der Waals surface area contributed by atoms with Gasteiger partial charge in [-0.2, -0.15) is 0 Å². The third kappa shape index (κ3) is 2.09. The van der Waals surface area contributed by atoms with Crippen LogP contribution in [0.5, 0.6) is 5.75 Å². The molecule has 0 unspecified atom stereocenters. The van der Waals surface area contributed by atoms with Gasteiger partial charge in [-0.15, -0.1) is 0 Å². The van der Waals surface area contributed by atoms with Crippen molar-refractivity contribution < 1.29 is 17.9 Å². The number of carbonyl (C=O) groups is 1. The first-order valence-electron chi connectivity index (χ1n) is 5.23. The minimum absolute atomic E-state index is 0.233. The number of fused-ring (bicyclic) bond motifs is 1. The molecule has 2 rings (SSSR count). The maximum Gasteiger partial charge on any atom is 0.175 e. The first kappa shape index (κ1) is 12.6. The Bertz CT molecular complexity index is 717. The number of ether oxygens (including phenoxy) is 1. The van der Waals surface area contributed by atoms with Gasteiger partial charge in [0.25, 0.3) is 0 Å². The van der Waals surface area contributed by atoms with Crippen LogP contribution in [0, 0.1) is 0 Å². The first-order valence-corrected chi connectivity index (χ1v) is 7.12. The third-order valence-corrected chi connectivity index (χ3v) is 3.87. The molecule has 0 aliphatic rings. The fourth-order valence-electron chi connectivity index (χ4n) is 1.84. The van der Waals surface area contributed by atoms with Gasteiger partial charge in [-0.05, 0) is 29.0 Å². The van der Waals surface area contributed by atoms with E-state index in [0.29, 0.717) is 28.4 Å². The topological polar surface area (TPSA) is 60.4 Å². The zero-order valence-corrected chi connectivity index (χ0v) is 10.8. The maximum atomic E-state index is 11.5. The number of hydrogen-bond donors (Lipinski definition) is 0. The molecule has 4 nitrogen and oxygen atoms in total. The van der Waals surface area contributed by atoms with Gasteiger partial charge in [0.1, 0.15) is 5.75 Å². The molecule has 0 atom stereocenters. The highest BCUT2D eigenvalue weighted by atomic mass is 32.2. The van der Waals surface area contributed by atoms with E-state index in [9.17, 15) is 13.2 Å². The summed E-state index contributed by atoms with van der Waals surface area (Å²) in [6.45, 7) is 0. The van der Waals surface area contributed by atoms with Gasteiger partial charge in [0.15, 0.2) is 16.1 Å². The first-order chi connectivity index (χ1) is 8.47. The Morgan fingerprint density at radius 1 is 1.17 bits per heavy atom. The normalized spacial score (nSPS) is 11.4. The number of sulfone groups is 1. The Hall–Kier alpha value is -1.88. The van der Waals surface area contributed by atoms with E-state index in [4.69, 9.17) is 4.74 Å². The fraction of sp³-hybridized carbons (Fsp3) is 0.154. The molecule has 0 radical (unpaired) electrons. The fourth-order valence-corrected chi connectivity index (χ4v) is 2.50. The molecule has 0 fully saturated rings.